The van der Waals surface area contributed by atoms with Crippen molar-refractivity contribution in [3.63, 3.8) is 0 Å². The zero-order chi connectivity index (χ0) is 15.1. The fourth-order valence-corrected chi connectivity index (χ4v) is 1.98. The molecule has 0 aliphatic rings. The first kappa shape index (κ1) is 16.2. The highest BCUT2D eigenvalue weighted by Gasteiger charge is 2.13. The summed E-state index contributed by atoms with van der Waals surface area (Å²) in [6, 6.07) is 1.95. The molecule has 112 valence electrons. The van der Waals surface area contributed by atoms with Gasteiger partial charge in [-0.05, 0) is 33.8 Å². The van der Waals surface area contributed by atoms with E-state index >= 15 is 0 Å². The Balaban J connectivity index is 2.34. The van der Waals surface area contributed by atoms with Crippen LogP contribution >= 0.6 is 0 Å². The number of carbonyl (C=O) groups excluding carboxylic acids is 2. The van der Waals surface area contributed by atoms with Crippen molar-refractivity contribution < 1.29 is 14.3 Å². The van der Waals surface area contributed by atoms with E-state index < -0.39 is 0 Å². The van der Waals surface area contributed by atoms with Gasteiger partial charge in [-0.2, -0.15) is 5.10 Å². The van der Waals surface area contributed by atoms with Gasteiger partial charge in [0.15, 0.2) is 6.61 Å². The van der Waals surface area contributed by atoms with Gasteiger partial charge in [-0.3, -0.25) is 14.3 Å². The molecule has 0 radical (unpaired) electrons. The lowest BCUT2D eigenvalue weighted by Crippen LogP contribution is -2.34. The Kier molecular flexibility index (Phi) is 6.21. The van der Waals surface area contributed by atoms with Gasteiger partial charge in [-0.25, -0.2) is 0 Å². The predicted molar refractivity (Wildman–Crippen MR) is 75.2 cm³/mol. The van der Waals surface area contributed by atoms with E-state index in [-0.39, 0.29) is 24.9 Å². The molecule has 20 heavy (non-hydrogen) atoms. The van der Waals surface area contributed by atoms with Crippen molar-refractivity contribution >= 4 is 11.9 Å². The van der Waals surface area contributed by atoms with E-state index in [1.807, 2.05) is 33.8 Å². The number of hydrogen-bond acceptors (Lipinski definition) is 4. The summed E-state index contributed by atoms with van der Waals surface area (Å²) >= 11 is 0. The normalized spacial score (nSPS) is 10.4. The van der Waals surface area contributed by atoms with Crippen molar-refractivity contribution in [3.05, 3.63) is 17.5 Å². The maximum atomic E-state index is 11.7. The lowest BCUT2D eigenvalue weighted by atomic mass is 10.4. The Morgan fingerprint density at radius 3 is 2.45 bits per heavy atom. The molecule has 6 heteroatoms. The van der Waals surface area contributed by atoms with Crippen molar-refractivity contribution in [1.82, 2.24) is 14.7 Å². The average Bonchev–Trinajstić information content (AvgIpc) is 2.73. The van der Waals surface area contributed by atoms with Gasteiger partial charge < -0.3 is 9.64 Å². The minimum absolute atomic E-state index is 0.158. The van der Waals surface area contributed by atoms with Gasteiger partial charge in [-0.1, -0.05) is 0 Å². The highest BCUT2D eigenvalue weighted by Crippen LogP contribution is 2.03. The van der Waals surface area contributed by atoms with Gasteiger partial charge in [0.2, 0.25) is 0 Å². The molecular formula is C14H23N3O3. The minimum Gasteiger partial charge on any atom is -0.456 e. The quantitative estimate of drug-likeness (QED) is 0.707. The SMILES string of the molecule is CCN(CC)C(=O)COC(=O)CCn1nc(C)cc1C. The van der Waals surface area contributed by atoms with Crippen LogP contribution in [-0.2, 0) is 20.9 Å². The molecule has 0 unspecified atom stereocenters. The van der Waals surface area contributed by atoms with E-state index in [4.69, 9.17) is 4.74 Å². The molecule has 1 aromatic heterocycles. The van der Waals surface area contributed by atoms with Gasteiger partial charge in [0.05, 0.1) is 18.7 Å². The standard InChI is InChI=1S/C14H23N3O3/c1-5-16(6-2)13(18)10-20-14(19)7-8-17-12(4)9-11(3)15-17/h9H,5-8,10H2,1-4H3. The molecule has 0 aliphatic carbocycles. The summed E-state index contributed by atoms with van der Waals surface area (Å²) in [5.41, 5.74) is 1.93. The molecule has 0 aromatic carbocycles. The maximum Gasteiger partial charge on any atom is 0.308 e. The molecule has 6 nitrogen and oxygen atoms in total. The number of rotatable bonds is 7. The number of aromatic nitrogens is 2. The van der Waals surface area contributed by atoms with E-state index in [1.165, 1.54) is 0 Å². The number of amides is 1. The minimum atomic E-state index is -0.377. The predicted octanol–water partition coefficient (Wildman–Crippen LogP) is 1.30. The second-order valence-corrected chi connectivity index (χ2v) is 4.63. The van der Waals surface area contributed by atoms with E-state index in [1.54, 1.807) is 9.58 Å². The number of nitrogens with zero attached hydrogens (tertiary/aromatic N) is 3. The van der Waals surface area contributed by atoms with Crippen molar-refractivity contribution in [1.29, 1.82) is 0 Å². The zero-order valence-electron chi connectivity index (χ0n) is 12.7. The molecule has 0 fully saturated rings. The number of hydrogen-bond donors (Lipinski definition) is 0. The number of carbonyl (C=O) groups is 2. The van der Waals surface area contributed by atoms with Gasteiger partial charge in [0.1, 0.15) is 0 Å². The summed E-state index contributed by atoms with van der Waals surface area (Å²) in [7, 11) is 0. The lowest BCUT2D eigenvalue weighted by Gasteiger charge is -2.18. The van der Waals surface area contributed by atoms with Crippen LogP contribution in [0.1, 0.15) is 31.7 Å². The fraction of sp³-hybridized carbons (Fsp3) is 0.643. The van der Waals surface area contributed by atoms with Crippen LogP contribution in [0.15, 0.2) is 6.07 Å². The molecule has 1 rings (SSSR count). The first-order valence-corrected chi connectivity index (χ1v) is 6.92. The summed E-state index contributed by atoms with van der Waals surface area (Å²) in [5, 5.41) is 4.27. The molecular weight excluding hydrogens is 258 g/mol. The molecule has 1 heterocycles. The number of ether oxygens (including phenoxy) is 1. The maximum absolute atomic E-state index is 11.7. The molecule has 0 saturated carbocycles. The van der Waals surface area contributed by atoms with E-state index in [0.717, 1.165) is 11.4 Å². The van der Waals surface area contributed by atoms with Crippen molar-refractivity contribution in [2.45, 2.75) is 40.7 Å². The Morgan fingerprint density at radius 2 is 1.95 bits per heavy atom. The number of esters is 1. The monoisotopic (exact) mass is 281 g/mol. The molecule has 0 N–H and O–H groups in total. The van der Waals surface area contributed by atoms with Crippen LogP contribution in [0.3, 0.4) is 0 Å². The molecule has 1 aromatic rings. The first-order chi connectivity index (χ1) is 9.47. The summed E-state index contributed by atoms with van der Waals surface area (Å²) in [5.74, 6) is -0.535. The molecule has 0 bridgehead atoms. The zero-order valence-corrected chi connectivity index (χ0v) is 12.7. The Bertz CT molecular complexity index is 464. The van der Waals surface area contributed by atoms with E-state index in [9.17, 15) is 9.59 Å². The Labute approximate surface area is 119 Å². The van der Waals surface area contributed by atoms with E-state index in [0.29, 0.717) is 19.6 Å². The summed E-state index contributed by atoms with van der Waals surface area (Å²) in [4.78, 5) is 24.9. The summed E-state index contributed by atoms with van der Waals surface area (Å²) in [6.45, 7) is 9.17. The molecule has 0 saturated heterocycles. The van der Waals surface area contributed by atoms with Gasteiger partial charge in [0.25, 0.3) is 5.91 Å². The fourth-order valence-electron chi connectivity index (χ4n) is 1.98. The third kappa shape index (κ3) is 4.68. The van der Waals surface area contributed by atoms with Gasteiger partial charge in [0, 0.05) is 18.8 Å². The van der Waals surface area contributed by atoms with Crippen LogP contribution in [0, 0.1) is 13.8 Å². The number of aryl methyl sites for hydroxylation is 3. The van der Waals surface area contributed by atoms with Crippen molar-refractivity contribution in [2.24, 2.45) is 0 Å². The van der Waals surface area contributed by atoms with E-state index in [2.05, 4.69) is 5.10 Å². The van der Waals surface area contributed by atoms with Crippen LogP contribution in [0.4, 0.5) is 0 Å². The molecule has 0 spiro atoms. The van der Waals surface area contributed by atoms with Crippen molar-refractivity contribution in [3.8, 4) is 0 Å². The Morgan fingerprint density at radius 1 is 1.30 bits per heavy atom. The third-order valence-electron chi connectivity index (χ3n) is 3.10. The molecule has 1 amide bonds. The largest absolute Gasteiger partial charge is 0.456 e. The van der Waals surface area contributed by atoms with Gasteiger partial charge >= 0.3 is 5.97 Å². The van der Waals surface area contributed by atoms with Crippen LogP contribution in [-0.4, -0.2) is 46.3 Å². The van der Waals surface area contributed by atoms with Crippen molar-refractivity contribution in [2.75, 3.05) is 19.7 Å². The van der Waals surface area contributed by atoms with Crippen LogP contribution < -0.4 is 0 Å². The summed E-state index contributed by atoms with van der Waals surface area (Å²) < 4.78 is 6.75. The third-order valence-corrected chi connectivity index (χ3v) is 3.10. The first-order valence-electron chi connectivity index (χ1n) is 6.92. The topological polar surface area (TPSA) is 64.4 Å². The molecule has 0 atom stereocenters. The smallest absolute Gasteiger partial charge is 0.308 e. The average molecular weight is 281 g/mol. The lowest BCUT2D eigenvalue weighted by molar-refractivity contribution is -0.152. The number of likely N-dealkylation sites (N-methyl/N-ethyl adjacent to an activating group) is 1. The Hall–Kier alpha value is -1.85. The van der Waals surface area contributed by atoms with Crippen LogP contribution in [0.2, 0.25) is 0 Å². The van der Waals surface area contributed by atoms with Crippen LogP contribution in [0.25, 0.3) is 0 Å². The second-order valence-electron chi connectivity index (χ2n) is 4.63. The summed E-state index contributed by atoms with van der Waals surface area (Å²) in [6.07, 6.45) is 0.216. The second kappa shape index (κ2) is 7.67. The highest BCUT2D eigenvalue weighted by atomic mass is 16.5. The van der Waals surface area contributed by atoms with Gasteiger partial charge in [-0.15, -0.1) is 0 Å². The van der Waals surface area contributed by atoms with Crippen LogP contribution in [0.5, 0.6) is 0 Å². The molecule has 0 aliphatic heterocycles. The highest BCUT2D eigenvalue weighted by molar-refractivity contribution is 5.80.